The second-order valence-electron chi connectivity index (χ2n) is 4.49. The molecule has 0 aliphatic rings. The lowest BCUT2D eigenvalue weighted by atomic mass is 10.1. The number of carbonyl (C=O) groups excluding carboxylic acids is 1. The van der Waals surface area contributed by atoms with E-state index in [0.717, 1.165) is 10.8 Å². The number of rotatable bonds is 4. The smallest absolute Gasteiger partial charge is 0.250 e. The molecule has 0 unspecified atom stereocenters. The Morgan fingerprint density at radius 3 is 2.74 bits per heavy atom. The molecule has 0 aliphatic heterocycles. The third-order valence-electron chi connectivity index (χ3n) is 2.73. The molecule has 0 fully saturated rings. The fourth-order valence-corrected chi connectivity index (χ4v) is 2.50. The zero-order valence-electron chi connectivity index (χ0n) is 10.8. The van der Waals surface area contributed by atoms with Crippen LogP contribution < -0.4 is 16.8 Å². The molecule has 0 spiro atoms. The van der Waals surface area contributed by atoms with Crippen molar-refractivity contribution in [2.75, 3.05) is 11.1 Å². The van der Waals surface area contributed by atoms with Crippen LogP contribution in [0.25, 0.3) is 0 Å². The zero-order valence-corrected chi connectivity index (χ0v) is 11.6. The number of aromatic nitrogens is 1. The minimum Gasteiger partial charge on any atom is -0.396 e. The van der Waals surface area contributed by atoms with Crippen molar-refractivity contribution in [3.05, 3.63) is 34.8 Å². The number of hydrogen-bond donors (Lipinski definition) is 3. The molecule has 2 aromatic rings. The minimum atomic E-state index is -0.539. The van der Waals surface area contributed by atoms with Crippen LogP contribution in [-0.2, 0) is 0 Å². The number of primary amides is 1. The van der Waals surface area contributed by atoms with Crippen LogP contribution in [0, 0.1) is 0 Å². The van der Waals surface area contributed by atoms with E-state index in [1.807, 2.05) is 5.38 Å². The summed E-state index contributed by atoms with van der Waals surface area (Å²) in [6.45, 7) is 4.17. The van der Waals surface area contributed by atoms with E-state index < -0.39 is 5.91 Å². The molecular formula is C13H16N4OS. The second-order valence-corrected chi connectivity index (χ2v) is 5.35. The predicted octanol–water partition coefficient (Wildman–Crippen LogP) is 2.69. The average molecular weight is 276 g/mol. The van der Waals surface area contributed by atoms with Gasteiger partial charge in [-0.2, -0.15) is 0 Å². The topological polar surface area (TPSA) is 94.0 Å². The van der Waals surface area contributed by atoms with Crippen LogP contribution >= 0.6 is 11.3 Å². The molecule has 1 aromatic heterocycles. The van der Waals surface area contributed by atoms with E-state index in [4.69, 9.17) is 11.5 Å². The number of nitrogens with two attached hydrogens (primary N) is 2. The number of nitrogens with one attached hydrogen (secondary N) is 1. The Labute approximate surface area is 115 Å². The van der Waals surface area contributed by atoms with Gasteiger partial charge in [-0.05, 0) is 18.1 Å². The van der Waals surface area contributed by atoms with Crippen molar-refractivity contribution in [3.63, 3.8) is 0 Å². The monoisotopic (exact) mass is 276 g/mol. The van der Waals surface area contributed by atoms with Gasteiger partial charge >= 0.3 is 0 Å². The van der Waals surface area contributed by atoms with Crippen LogP contribution in [0.4, 0.5) is 16.5 Å². The Bertz CT molecular complexity index is 606. The fourth-order valence-electron chi connectivity index (χ4n) is 1.61. The summed E-state index contributed by atoms with van der Waals surface area (Å²) < 4.78 is 0. The Morgan fingerprint density at radius 2 is 2.16 bits per heavy atom. The van der Waals surface area contributed by atoms with Crippen molar-refractivity contribution in [1.82, 2.24) is 4.98 Å². The first-order valence-corrected chi connectivity index (χ1v) is 6.77. The van der Waals surface area contributed by atoms with E-state index >= 15 is 0 Å². The van der Waals surface area contributed by atoms with Crippen LogP contribution in [-0.4, -0.2) is 10.9 Å². The van der Waals surface area contributed by atoms with Gasteiger partial charge in [0, 0.05) is 5.38 Å². The molecule has 0 atom stereocenters. The van der Waals surface area contributed by atoms with Gasteiger partial charge in [0.1, 0.15) is 0 Å². The molecule has 100 valence electrons. The van der Waals surface area contributed by atoms with Gasteiger partial charge in [0.2, 0.25) is 0 Å². The number of amides is 1. The third-order valence-corrected chi connectivity index (χ3v) is 3.50. The molecule has 0 saturated carbocycles. The van der Waals surface area contributed by atoms with Crippen LogP contribution in [0.1, 0.15) is 35.8 Å². The van der Waals surface area contributed by atoms with Crippen molar-refractivity contribution in [2.24, 2.45) is 5.73 Å². The maximum atomic E-state index is 11.2. The van der Waals surface area contributed by atoms with Gasteiger partial charge in [-0.15, -0.1) is 11.3 Å². The van der Waals surface area contributed by atoms with E-state index in [1.54, 1.807) is 18.2 Å². The van der Waals surface area contributed by atoms with E-state index in [9.17, 15) is 4.79 Å². The van der Waals surface area contributed by atoms with Crippen LogP contribution in [0.3, 0.4) is 0 Å². The largest absolute Gasteiger partial charge is 0.396 e. The van der Waals surface area contributed by atoms with E-state index in [1.165, 1.54) is 11.3 Å². The summed E-state index contributed by atoms with van der Waals surface area (Å²) in [5.41, 5.74) is 13.5. The third kappa shape index (κ3) is 2.85. The summed E-state index contributed by atoms with van der Waals surface area (Å²) in [6, 6.07) is 5.12. The first kappa shape index (κ1) is 13.4. The summed E-state index contributed by atoms with van der Waals surface area (Å²) >= 11 is 1.50. The number of carbonyl (C=O) groups is 1. The Balaban J connectivity index is 2.28. The van der Waals surface area contributed by atoms with E-state index in [-0.39, 0.29) is 0 Å². The van der Waals surface area contributed by atoms with Gasteiger partial charge in [-0.3, -0.25) is 4.79 Å². The van der Waals surface area contributed by atoms with Crippen molar-refractivity contribution in [2.45, 2.75) is 19.8 Å². The number of thiazole rings is 1. The summed E-state index contributed by atoms with van der Waals surface area (Å²) in [7, 11) is 0. The van der Waals surface area contributed by atoms with E-state index in [0.29, 0.717) is 22.9 Å². The average Bonchev–Trinajstić information content (AvgIpc) is 2.80. The summed E-state index contributed by atoms with van der Waals surface area (Å²) in [6.07, 6.45) is 0. The maximum absolute atomic E-state index is 11.2. The number of benzene rings is 1. The Morgan fingerprint density at radius 1 is 1.42 bits per heavy atom. The lowest BCUT2D eigenvalue weighted by Gasteiger charge is -2.09. The highest BCUT2D eigenvalue weighted by Gasteiger charge is 2.11. The van der Waals surface area contributed by atoms with Gasteiger partial charge in [0.05, 0.1) is 22.6 Å². The normalized spacial score (nSPS) is 10.7. The van der Waals surface area contributed by atoms with Crippen molar-refractivity contribution >= 4 is 33.8 Å². The molecule has 19 heavy (non-hydrogen) atoms. The van der Waals surface area contributed by atoms with Gasteiger partial charge in [-0.1, -0.05) is 19.9 Å². The molecule has 1 heterocycles. The highest BCUT2D eigenvalue weighted by Crippen LogP contribution is 2.29. The number of anilines is 3. The molecule has 0 saturated heterocycles. The predicted molar refractivity (Wildman–Crippen MR) is 78.9 cm³/mol. The van der Waals surface area contributed by atoms with Crippen LogP contribution in [0.5, 0.6) is 0 Å². The highest BCUT2D eigenvalue weighted by molar-refractivity contribution is 7.13. The van der Waals surface area contributed by atoms with Crippen molar-refractivity contribution in [3.8, 4) is 0 Å². The molecule has 5 nitrogen and oxygen atoms in total. The number of para-hydroxylation sites is 1. The van der Waals surface area contributed by atoms with Crippen molar-refractivity contribution in [1.29, 1.82) is 0 Å². The lowest BCUT2D eigenvalue weighted by Crippen LogP contribution is -2.14. The molecule has 0 bridgehead atoms. The quantitative estimate of drug-likeness (QED) is 0.748. The molecule has 1 aromatic carbocycles. The summed E-state index contributed by atoms with van der Waals surface area (Å²) in [5, 5.41) is 5.87. The number of nitrogens with zero attached hydrogens (tertiary/aromatic N) is 1. The lowest BCUT2D eigenvalue weighted by molar-refractivity contribution is 0.100. The first-order chi connectivity index (χ1) is 8.99. The molecule has 6 heteroatoms. The highest BCUT2D eigenvalue weighted by atomic mass is 32.1. The fraction of sp³-hybridized carbons (Fsp3) is 0.231. The minimum absolute atomic E-state index is 0.311. The SMILES string of the molecule is CC(C)c1csc(Nc2cccc(C(N)=O)c2N)n1. The summed E-state index contributed by atoms with van der Waals surface area (Å²) in [4.78, 5) is 15.7. The van der Waals surface area contributed by atoms with Crippen molar-refractivity contribution < 1.29 is 4.79 Å². The van der Waals surface area contributed by atoms with Gasteiger partial charge in [0.25, 0.3) is 5.91 Å². The Kier molecular flexibility index (Phi) is 3.71. The van der Waals surface area contributed by atoms with Crippen LogP contribution in [0.2, 0.25) is 0 Å². The molecule has 0 radical (unpaired) electrons. The molecule has 2 rings (SSSR count). The molecule has 5 N–H and O–H groups in total. The molecule has 0 aliphatic carbocycles. The Hall–Kier alpha value is -2.08. The maximum Gasteiger partial charge on any atom is 0.250 e. The van der Waals surface area contributed by atoms with Gasteiger partial charge in [-0.25, -0.2) is 4.98 Å². The first-order valence-electron chi connectivity index (χ1n) is 5.89. The van der Waals surface area contributed by atoms with E-state index in [2.05, 4.69) is 24.1 Å². The molecule has 1 amide bonds. The second kappa shape index (κ2) is 5.27. The number of hydrogen-bond acceptors (Lipinski definition) is 5. The number of nitrogen functional groups attached to an aromatic ring is 1. The molecular weight excluding hydrogens is 260 g/mol. The summed E-state index contributed by atoms with van der Waals surface area (Å²) in [5.74, 6) is -0.163. The zero-order chi connectivity index (χ0) is 14.0. The van der Waals surface area contributed by atoms with Crippen LogP contribution in [0.15, 0.2) is 23.6 Å². The standard InChI is InChI=1S/C13H16N4OS/c1-7(2)10-6-19-13(17-10)16-9-5-3-4-8(11(9)14)12(15)18/h3-7H,14H2,1-2H3,(H2,15,18)(H,16,17). The van der Waals surface area contributed by atoms with Gasteiger partial charge < -0.3 is 16.8 Å². The van der Waals surface area contributed by atoms with Gasteiger partial charge in [0.15, 0.2) is 5.13 Å².